The summed E-state index contributed by atoms with van der Waals surface area (Å²) in [5.41, 5.74) is -0.991. The quantitative estimate of drug-likeness (QED) is 0.656. The minimum absolute atomic E-state index is 0.312. The van der Waals surface area contributed by atoms with Crippen LogP contribution in [-0.4, -0.2) is 17.2 Å². The van der Waals surface area contributed by atoms with Crippen LogP contribution in [0.2, 0.25) is 0 Å². The van der Waals surface area contributed by atoms with Gasteiger partial charge in [-0.15, -0.1) is 0 Å². The Hall–Kier alpha value is -0.600. The maximum Gasteiger partial charge on any atom is 0.312 e. The Morgan fingerprint density at radius 3 is 2.40 bits per heavy atom. The van der Waals surface area contributed by atoms with Crippen LogP contribution in [0, 0.1) is 5.41 Å². The smallest absolute Gasteiger partial charge is 0.312 e. The molecule has 0 aromatic rings. The summed E-state index contributed by atoms with van der Waals surface area (Å²) in [5, 5.41) is 8.57. The largest absolute Gasteiger partial charge is 0.481 e. The minimum atomic E-state index is -1.15. The van der Waals surface area contributed by atoms with Crippen molar-refractivity contribution in [2.45, 2.75) is 32.4 Å². The van der Waals surface area contributed by atoms with E-state index in [4.69, 9.17) is 5.11 Å². The maximum absolute atomic E-state index is 12.8. The molecule has 1 fully saturated rings. The number of carboxylic acids is 1. The Bertz CT molecular complexity index is 152. The SMILES string of the molecule is CC[C@H](F)C1(C(=O)O)CC1. The standard InChI is InChI=1S/C7H11FO2/c1-2-5(8)7(3-4-7)6(9)10/h5H,2-4H2,1H3,(H,9,10)/t5-/m0/s1. The molecular weight excluding hydrogens is 135 g/mol. The Kier molecular flexibility index (Phi) is 1.67. The molecule has 58 valence electrons. The average molecular weight is 146 g/mol. The number of hydrogen-bond donors (Lipinski definition) is 1. The van der Waals surface area contributed by atoms with Crippen molar-refractivity contribution in [3.05, 3.63) is 0 Å². The first-order valence-corrected chi connectivity index (χ1v) is 3.51. The van der Waals surface area contributed by atoms with Crippen LogP contribution >= 0.6 is 0 Å². The van der Waals surface area contributed by atoms with Crippen molar-refractivity contribution in [2.24, 2.45) is 5.41 Å². The number of carboxylic acid groups (broad SMARTS) is 1. The second-order valence-corrected chi connectivity index (χ2v) is 2.84. The van der Waals surface area contributed by atoms with E-state index in [2.05, 4.69) is 0 Å². The third kappa shape index (κ3) is 0.895. The molecule has 1 aliphatic carbocycles. The molecule has 0 amide bonds. The molecule has 0 spiro atoms. The summed E-state index contributed by atoms with van der Waals surface area (Å²) in [5.74, 6) is -0.971. The van der Waals surface area contributed by atoms with Crippen molar-refractivity contribution in [2.75, 3.05) is 0 Å². The van der Waals surface area contributed by atoms with Crippen LogP contribution in [0.15, 0.2) is 0 Å². The number of carbonyl (C=O) groups is 1. The van der Waals surface area contributed by atoms with E-state index in [0.717, 1.165) is 0 Å². The number of rotatable bonds is 3. The zero-order valence-corrected chi connectivity index (χ0v) is 5.93. The van der Waals surface area contributed by atoms with Gasteiger partial charge in [-0.1, -0.05) is 6.92 Å². The normalized spacial score (nSPS) is 23.8. The zero-order chi connectivity index (χ0) is 7.78. The lowest BCUT2D eigenvalue weighted by Crippen LogP contribution is -2.25. The van der Waals surface area contributed by atoms with E-state index < -0.39 is 17.6 Å². The molecule has 1 N–H and O–H groups in total. The topological polar surface area (TPSA) is 37.3 Å². The molecule has 0 bridgehead atoms. The molecule has 0 aromatic heterocycles. The number of aliphatic carboxylic acids is 1. The summed E-state index contributed by atoms with van der Waals surface area (Å²) >= 11 is 0. The first-order valence-electron chi connectivity index (χ1n) is 3.51. The van der Waals surface area contributed by atoms with E-state index in [-0.39, 0.29) is 0 Å². The van der Waals surface area contributed by atoms with Gasteiger partial charge in [-0.25, -0.2) is 4.39 Å². The van der Waals surface area contributed by atoms with E-state index in [1.165, 1.54) is 0 Å². The molecule has 0 unspecified atom stereocenters. The van der Waals surface area contributed by atoms with Crippen LogP contribution < -0.4 is 0 Å². The molecule has 0 saturated heterocycles. The fourth-order valence-electron chi connectivity index (χ4n) is 1.19. The van der Waals surface area contributed by atoms with Crippen LogP contribution in [0.1, 0.15) is 26.2 Å². The molecule has 1 atom stereocenters. The lowest BCUT2D eigenvalue weighted by molar-refractivity contribution is -0.146. The third-order valence-electron chi connectivity index (χ3n) is 2.17. The van der Waals surface area contributed by atoms with Gasteiger partial charge >= 0.3 is 5.97 Å². The maximum atomic E-state index is 12.8. The first kappa shape index (κ1) is 7.51. The van der Waals surface area contributed by atoms with E-state index in [0.29, 0.717) is 19.3 Å². The van der Waals surface area contributed by atoms with E-state index in [1.807, 2.05) is 0 Å². The van der Waals surface area contributed by atoms with Crippen LogP contribution in [-0.2, 0) is 4.79 Å². The Balaban J connectivity index is 2.60. The Morgan fingerprint density at radius 1 is 1.80 bits per heavy atom. The number of hydrogen-bond acceptors (Lipinski definition) is 1. The number of halogens is 1. The average Bonchev–Trinajstić information content (AvgIpc) is 2.65. The van der Waals surface area contributed by atoms with Crippen molar-refractivity contribution in [1.82, 2.24) is 0 Å². The molecule has 2 nitrogen and oxygen atoms in total. The van der Waals surface area contributed by atoms with Crippen LogP contribution in [0.5, 0.6) is 0 Å². The summed E-state index contributed by atoms with van der Waals surface area (Å²) in [4.78, 5) is 10.4. The highest BCUT2D eigenvalue weighted by Gasteiger charge is 2.56. The second-order valence-electron chi connectivity index (χ2n) is 2.84. The third-order valence-corrected chi connectivity index (χ3v) is 2.17. The fraction of sp³-hybridized carbons (Fsp3) is 0.857. The summed E-state index contributed by atoms with van der Waals surface area (Å²) in [6.07, 6.45) is 0.186. The van der Waals surface area contributed by atoms with Crippen LogP contribution in [0.3, 0.4) is 0 Å². The van der Waals surface area contributed by atoms with Gasteiger partial charge in [0, 0.05) is 0 Å². The summed E-state index contributed by atoms with van der Waals surface area (Å²) in [7, 11) is 0. The summed E-state index contributed by atoms with van der Waals surface area (Å²) in [6.45, 7) is 1.67. The van der Waals surface area contributed by atoms with Crippen molar-refractivity contribution in [3.8, 4) is 0 Å². The lowest BCUT2D eigenvalue weighted by atomic mass is 9.99. The highest BCUT2D eigenvalue weighted by atomic mass is 19.1. The van der Waals surface area contributed by atoms with Gasteiger partial charge in [0.1, 0.15) is 6.17 Å². The minimum Gasteiger partial charge on any atom is -0.481 e. The summed E-state index contributed by atoms with van der Waals surface area (Å²) < 4.78 is 12.8. The van der Waals surface area contributed by atoms with Gasteiger partial charge in [0.15, 0.2) is 0 Å². The fourth-order valence-corrected chi connectivity index (χ4v) is 1.19. The molecule has 0 radical (unpaired) electrons. The van der Waals surface area contributed by atoms with Crippen molar-refractivity contribution < 1.29 is 14.3 Å². The van der Waals surface area contributed by atoms with Gasteiger partial charge in [-0.3, -0.25) is 4.79 Å². The lowest BCUT2D eigenvalue weighted by Gasteiger charge is -2.12. The molecule has 1 rings (SSSR count). The van der Waals surface area contributed by atoms with Crippen LogP contribution in [0.4, 0.5) is 4.39 Å². The van der Waals surface area contributed by atoms with Gasteiger partial charge in [0.05, 0.1) is 5.41 Å². The molecule has 1 aliphatic rings. The van der Waals surface area contributed by atoms with Gasteiger partial charge in [0.25, 0.3) is 0 Å². The molecule has 10 heavy (non-hydrogen) atoms. The molecule has 0 aromatic carbocycles. The Labute approximate surface area is 59.0 Å². The molecule has 0 heterocycles. The van der Waals surface area contributed by atoms with Gasteiger partial charge in [0.2, 0.25) is 0 Å². The predicted octanol–water partition coefficient (Wildman–Crippen LogP) is 1.60. The van der Waals surface area contributed by atoms with E-state index in [1.54, 1.807) is 6.92 Å². The van der Waals surface area contributed by atoms with Crippen LogP contribution in [0.25, 0.3) is 0 Å². The van der Waals surface area contributed by atoms with E-state index in [9.17, 15) is 9.18 Å². The monoisotopic (exact) mass is 146 g/mol. The predicted molar refractivity (Wildman–Crippen MR) is 34.5 cm³/mol. The molecular formula is C7H11FO2. The highest BCUT2D eigenvalue weighted by molar-refractivity contribution is 5.78. The Morgan fingerprint density at radius 2 is 2.30 bits per heavy atom. The highest BCUT2D eigenvalue weighted by Crippen LogP contribution is 2.51. The summed E-state index contributed by atoms with van der Waals surface area (Å²) in [6, 6.07) is 0. The van der Waals surface area contributed by atoms with E-state index >= 15 is 0 Å². The number of alkyl halides is 1. The molecule has 0 aliphatic heterocycles. The van der Waals surface area contributed by atoms with Crippen molar-refractivity contribution >= 4 is 5.97 Å². The van der Waals surface area contributed by atoms with Gasteiger partial charge in [-0.05, 0) is 19.3 Å². The first-order chi connectivity index (χ1) is 4.63. The second kappa shape index (κ2) is 2.22. The van der Waals surface area contributed by atoms with Gasteiger partial charge < -0.3 is 5.11 Å². The molecule has 1 saturated carbocycles. The van der Waals surface area contributed by atoms with Crippen molar-refractivity contribution in [3.63, 3.8) is 0 Å². The zero-order valence-electron chi connectivity index (χ0n) is 5.93. The molecule has 3 heteroatoms. The van der Waals surface area contributed by atoms with Gasteiger partial charge in [-0.2, -0.15) is 0 Å². The van der Waals surface area contributed by atoms with Crippen molar-refractivity contribution in [1.29, 1.82) is 0 Å².